The van der Waals surface area contributed by atoms with Crippen molar-refractivity contribution in [2.45, 2.75) is 11.8 Å². The molecule has 3 rings (SSSR count). The second-order valence-electron chi connectivity index (χ2n) is 5.35. The molecule has 2 N–H and O–H groups in total. The Balaban J connectivity index is 1.97. The van der Waals surface area contributed by atoms with Crippen LogP contribution in [0.5, 0.6) is 0 Å². The van der Waals surface area contributed by atoms with E-state index < -0.39 is 20.7 Å². The summed E-state index contributed by atoms with van der Waals surface area (Å²) in [6.45, 7) is 1.68. The zero-order chi connectivity index (χ0) is 18.0. The zero-order valence-corrected chi connectivity index (χ0v) is 14.0. The predicted molar refractivity (Wildman–Crippen MR) is 92.2 cm³/mol. The average Bonchev–Trinajstić information content (AvgIpc) is 2.54. The normalized spacial score (nSPS) is 11.3. The summed E-state index contributed by atoms with van der Waals surface area (Å²) in [5.74, 6) is -0.521. The molecule has 0 unspecified atom stereocenters. The van der Waals surface area contributed by atoms with Crippen LogP contribution < -0.4 is 10.3 Å². The van der Waals surface area contributed by atoms with Crippen LogP contribution >= 0.6 is 0 Å². The Hall–Kier alpha value is -3.00. The Morgan fingerprint density at radius 2 is 1.84 bits per heavy atom. The molecule has 128 valence electrons. The number of benzene rings is 2. The minimum absolute atomic E-state index is 0.227. The van der Waals surface area contributed by atoms with Gasteiger partial charge in [0, 0.05) is 23.0 Å². The van der Waals surface area contributed by atoms with E-state index in [0.717, 1.165) is 6.07 Å². The molecule has 0 aliphatic rings. The molecule has 0 atom stereocenters. The number of aryl methyl sites for hydroxylation is 1. The SMILES string of the molecule is Cc1cc(=O)[nH]c(-c2cccc(NS(=O)(=O)c3ccccc3F)c2)n1. The number of hydrogen-bond donors (Lipinski definition) is 2. The maximum Gasteiger partial charge on any atom is 0.264 e. The molecule has 0 aliphatic heterocycles. The first-order valence-corrected chi connectivity index (χ1v) is 8.79. The number of aromatic amines is 1. The smallest absolute Gasteiger partial charge is 0.264 e. The fourth-order valence-electron chi connectivity index (χ4n) is 2.32. The highest BCUT2D eigenvalue weighted by molar-refractivity contribution is 7.92. The van der Waals surface area contributed by atoms with E-state index in [-0.39, 0.29) is 11.2 Å². The van der Waals surface area contributed by atoms with E-state index in [2.05, 4.69) is 14.7 Å². The lowest BCUT2D eigenvalue weighted by molar-refractivity contribution is 0.570. The van der Waals surface area contributed by atoms with E-state index in [4.69, 9.17) is 0 Å². The summed E-state index contributed by atoms with van der Waals surface area (Å²) in [6, 6.07) is 12.8. The van der Waals surface area contributed by atoms with Gasteiger partial charge in [0.05, 0.1) is 0 Å². The zero-order valence-electron chi connectivity index (χ0n) is 13.2. The van der Waals surface area contributed by atoms with Crippen LogP contribution in [0.15, 0.2) is 64.3 Å². The lowest BCUT2D eigenvalue weighted by Gasteiger charge is -2.10. The topological polar surface area (TPSA) is 91.9 Å². The standard InChI is InChI=1S/C17H14FN3O3S/c1-11-9-16(22)20-17(19-11)12-5-4-6-13(10-12)21-25(23,24)15-8-3-2-7-14(15)18/h2-10,21H,1H3,(H,19,20,22). The molecule has 0 saturated carbocycles. The lowest BCUT2D eigenvalue weighted by atomic mass is 10.2. The first-order valence-electron chi connectivity index (χ1n) is 7.31. The van der Waals surface area contributed by atoms with Crippen molar-refractivity contribution in [3.63, 3.8) is 0 Å². The molecule has 3 aromatic rings. The van der Waals surface area contributed by atoms with Crippen LogP contribution in [-0.4, -0.2) is 18.4 Å². The molecule has 0 radical (unpaired) electrons. The highest BCUT2D eigenvalue weighted by Gasteiger charge is 2.18. The molecule has 25 heavy (non-hydrogen) atoms. The maximum atomic E-state index is 13.8. The molecule has 8 heteroatoms. The number of anilines is 1. The summed E-state index contributed by atoms with van der Waals surface area (Å²) in [5, 5.41) is 0. The molecular weight excluding hydrogens is 345 g/mol. The third kappa shape index (κ3) is 3.74. The van der Waals surface area contributed by atoms with Crippen LogP contribution in [0.25, 0.3) is 11.4 Å². The Morgan fingerprint density at radius 1 is 1.08 bits per heavy atom. The van der Waals surface area contributed by atoms with Crippen molar-refractivity contribution in [3.05, 3.63) is 76.5 Å². The summed E-state index contributed by atoms with van der Waals surface area (Å²) in [6.07, 6.45) is 0. The van der Waals surface area contributed by atoms with E-state index in [1.54, 1.807) is 19.1 Å². The maximum absolute atomic E-state index is 13.8. The van der Waals surface area contributed by atoms with E-state index in [9.17, 15) is 17.6 Å². The molecule has 0 aliphatic carbocycles. The number of halogens is 1. The predicted octanol–water partition coefficient (Wildman–Crippen LogP) is 2.69. The first-order chi connectivity index (χ1) is 11.8. The molecule has 1 aromatic heterocycles. The van der Waals surface area contributed by atoms with Crippen molar-refractivity contribution >= 4 is 15.7 Å². The summed E-state index contributed by atoms with van der Waals surface area (Å²) in [7, 11) is -4.08. The summed E-state index contributed by atoms with van der Waals surface area (Å²) in [4.78, 5) is 17.9. The van der Waals surface area contributed by atoms with Gasteiger partial charge in [0.1, 0.15) is 16.5 Å². The highest BCUT2D eigenvalue weighted by Crippen LogP contribution is 2.22. The van der Waals surface area contributed by atoms with Crippen LogP contribution in [0, 0.1) is 12.7 Å². The summed E-state index contributed by atoms with van der Waals surface area (Å²) in [5.41, 5.74) is 0.982. The van der Waals surface area contributed by atoms with Crippen molar-refractivity contribution in [3.8, 4) is 11.4 Å². The van der Waals surface area contributed by atoms with Crippen molar-refractivity contribution in [2.75, 3.05) is 4.72 Å². The second kappa shape index (κ2) is 6.48. The van der Waals surface area contributed by atoms with E-state index in [1.165, 1.54) is 36.4 Å². The molecule has 0 saturated heterocycles. The third-order valence-electron chi connectivity index (χ3n) is 3.38. The number of nitrogens with one attached hydrogen (secondary N) is 2. The largest absolute Gasteiger partial charge is 0.307 e. The van der Waals surface area contributed by atoms with Gasteiger partial charge >= 0.3 is 0 Å². The van der Waals surface area contributed by atoms with Gasteiger partial charge in [-0.15, -0.1) is 0 Å². The van der Waals surface area contributed by atoms with Gasteiger partial charge in [-0.3, -0.25) is 9.52 Å². The fourth-order valence-corrected chi connectivity index (χ4v) is 3.45. The molecule has 0 bridgehead atoms. The van der Waals surface area contributed by atoms with Crippen molar-refractivity contribution in [1.29, 1.82) is 0 Å². The molecule has 6 nitrogen and oxygen atoms in total. The quantitative estimate of drug-likeness (QED) is 0.749. The van der Waals surface area contributed by atoms with Crippen molar-refractivity contribution < 1.29 is 12.8 Å². The second-order valence-corrected chi connectivity index (χ2v) is 7.00. The number of hydrogen-bond acceptors (Lipinski definition) is 4. The third-order valence-corrected chi connectivity index (χ3v) is 4.80. The Labute approximate surface area is 143 Å². The van der Waals surface area contributed by atoms with Gasteiger partial charge in [-0.25, -0.2) is 17.8 Å². The Morgan fingerprint density at radius 3 is 2.56 bits per heavy atom. The first kappa shape index (κ1) is 16.8. The Bertz CT molecular complexity index is 1090. The number of aromatic nitrogens is 2. The van der Waals surface area contributed by atoms with Crippen LogP contribution in [-0.2, 0) is 10.0 Å². The molecule has 0 amide bonds. The van der Waals surface area contributed by atoms with Gasteiger partial charge in [-0.1, -0.05) is 24.3 Å². The molecule has 0 fully saturated rings. The highest BCUT2D eigenvalue weighted by atomic mass is 32.2. The monoisotopic (exact) mass is 359 g/mol. The molecule has 1 heterocycles. The van der Waals surface area contributed by atoms with Gasteiger partial charge in [0.15, 0.2) is 0 Å². The van der Waals surface area contributed by atoms with E-state index in [0.29, 0.717) is 17.1 Å². The van der Waals surface area contributed by atoms with Gasteiger partial charge in [0.25, 0.3) is 15.6 Å². The van der Waals surface area contributed by atoms with Gasteiger partial charge in [-0.2, -0.15) is 0 Å². The van der Waals surface area contributed by atoms with E-state index >= 15 is 0 Å². The molecule has 2 aromatic carbocycles. The van der Waals surface area contributed by atoms with Crippen LogP contribution in [0.4, 0.5) is 10.1 Å². The average molecular weight is 359 g/mol. The van der Waals surface area contributed by atoms with Crippen LogP contribution in [0.2, 0.25) is 0 Å². The molecular formula is C17H14FN3O3S. The molecule has 0 spiro atoms. The summed E-state index contributed by atoms with van der Waals surface area (Å²) >= 11 is 0. The summed E-state index contributed by atoms with van der Waals surface area (Å²) < 4.78 is 40.8. The number of H-pyrrole nitrogens is 1. The minimum atomic E-state index is -4.08. The number of sulfonamides is 1. The fraction of sp³-hybridized carbons (Fsp3) is 0.0588. The van der Waals surface area contributed by atoms with Gasteiger partial charge in [0.2, 0.25) is 0 Å². The van der Waals surface area contributed by atoms with Gasteiger partial charge < -0.3 is 4.98 Å². The Kier molecular flexibility index (Phi) is 4.37. The van der Waals surface area contributed by atoms with Crippen molar-refractivity contribution in [1.82, 2.24) is 9.97 Å². The minimum Gasteiger partial charge on any atom is -0.307 e. The van der Waals surface area contributed by atoms with Gasteiger partial charge in [-0.05, 0) is 31.2 Å². The van der Waals surface area contributed by atoms with Crippen molar-refractivity contribution in [2.24, 2.45) is 0 Å². The lowest BCUT2D eigenvalue weighted by Crippen LogP contribution is -2.14. The van der Waals surface area contributed by atoms with Crippen LogP contribution in [0.1, 0.15) is 5.69 Å². The van der Waals surface area contributed by atoms with Crippen LogP contribution in [0.3, 0.4) is 0 Å². The van der Waals surface area contributed by atoms with E-state index in [1.807, 2.05) is 0 Å². The number of nitrogens with zero attached hydrogens (tertiary/aromatic N) is 1. The number of rotatable bonds is 4.